The monoisotopic (exact) mass is 410 g/mol. The lowest BCUT2D eigenvalue weighted by molar-refractivity contribution is 0.198. The van der Waals surface area contributed by atoms with Crippen LogP contribution in [0.4, 0.5) is 4.39 Å². The molecule has 2 N–H and O–H groups in total. The Kier molecular flexibility index (Phi) is 7.77. The van der Waals surface area contributed by atoms with Gasteiger partial charge in [-0.2, -0.15) is 5.10 Å². The maximum atomic E-state index is 13.4. The van der Waals surface area contributed by atoms with Crippen LogP contribution < -0.4 is 15.4 Å². The van der Waals surface area contributed by atoms with Gasteiger partial charge in [0.15, 0.2) is 11.8 Å². The van der Waals surface area contributed by atoms with Gasteiger partial charge in [0.25, 0.3) is 0 Å². The Bertz CT molecular complexity index is 944. The highest BCUT2D eigenvalue weighted by molar-refractivity contribution is 5.79. The number of ether oxygens (including phenoxy) is 1. The molecule has 0 spiro atoms. The van der Waals surface area contributed by atoms with Crippen LogP contribution in [0, 0.1) is 5.82 Å². The van der Waals surface area contributed by atoms with Crippen molar-refractivity contribution in [3.63, 3.8) is 0 Å². The summed E-state index contributed by atoms with van der Waals surface area (Å²) in [6, 6.07) is 11.9. The Morgan fingerprint density at radius 3 is 2.80 bits per heavy atom. The van der Waals surface area contributed by atoms with Crippen molar-refractivity contribution in [2.24, 2.45) is 4.99 Å². The maximum Gasteiger partial charge on any atom is 0.191 e. The largest absolute Gasteiger partial charge is 0.489 e. The molecule has 7 nitrogen and oxygen atoms in total. The van der Waals surface area contributed by atoms with Crippen LogP contribution in [0.3, 0.4) is 0 Å². The van der Waals surface area contributed by atoms with Crippen molar-refractivity contribution in [3.8, 4) is 11.6 Å². The van der Waals surface area contributed by atoms with Gasteiger partial charge in [0.1, 0.15) is 17.7 Å². The van der Waals surface area contributed by atoms with Gasteiger partial charge in [-0.15, -0.1) is 0 Å². The van der Waals surface area contributed by atoms with E-state index in [1.54, 1.807) is 29.2 Å². The van der Waals surface area contributed by atoms with Crippen molar-refractivity contribution in [1.82, 2.24) is 25.4 Å². The third kappa shape index (κ3) is 6.30. The van der Waals surface area contributed by atoms with Crippen LogP contribution in [-0.2, 0) is 6.54 Å². The van der Waals surface area contributed by atoms with Crippen molar-refractivity contribution in [1.29, 1.82) is 0 Å². The molecule has 0 fully saturated rings. The fraction of sp³-hybridized carbons (Fsp3) is 0.318. The molecule has 0 aliphatic heterocycles. The van der Waals surface area contributed by atoms with Crippen molar-refractivity contribution < 1.29 is 9.13 Å². The Morgan fingerprint density at radius 2 is 2.07 bits per heavy atom. The zero-order valence-corrected chi connectivity index (χ0v) is 17.3. The normalized spacial score (nSPS) is 12.4. The predicted molar refractivity (Wildman–Crippen MR) is 115 cm³/mol. The van der Waals surface area contributed by atoms with E-state index in [2.05, 4.69) is 25.7 Å². The quantitative estimate of drug-likeness (QED) is 0.418. The van der Waals surface area contributed by atoms with E-state index >= 15 is 0 Å². The number of aromatic nitrogens is 3. The lowest BCUT2D eigenvalue weighted by atomic mass is 10.2. The second-order valence-electron chi connectivity index (χ2n) is 6.65. The number of aliphatic imine (C=N–C) groups is 1. The lowest BCUT2D eigenvalue weighted by Crippen LogP contribution is -2.42. The van der Waals surface area contributed by atoms with Gasteiger partial charge in [0, 0.05) is 31.2 Å². The molecule has 0 aliphatic rings. The summed E-state index contributed by atoms with van der Waals surface area (Å²) < 4.78 is 21.0. The minimum atomic E-state index is -0.308. The molecule has 158 valence electrons. The molecule has 3 aromatic rings. The third-order valence-corrected chi connectivity index (χ3v) is 4.36. The average Bonchev–Trinajstić information content (AvgIpc) is 3.30. The zero-order chi connectivity index (χ0) is 21.2. The van der Waals surface area contributed by atoms with E-state index in [-0.39, 0.29) is 11.9 Å². The fourth-order valence-electron chi connectivity index (χ4n) is 2.81. The minimum absolute atomic E-state index is 0.108. The predicted octanol–water partition coefficient (Wildman–Crippen LogP) is 3.32. The van der Waals surface area contributed by atoms with E-state index in [0.717, 1.165) is 24.3 Å². The molecule has 1 atom stereocenters. The second-order valence-corrected chi connectivity index (χ2v) is 6.65. The van der Waals surface area contributed by atoms with Crippen LogP contribution in [0.15, 0.2) is 66.0 Å². The molecule has 0 amide bonds. The molecule has 0 radical (unpaired) electrons. The second kappa shape index (κ2) is 10.9. The van der Waals surface area contributed by atoms with Gasteiger partial charge in [0.2, 0.25) is 0 Å². The van der Waals surface area contributed by atoms with Crippen LogP contribution in [0.25, 0.3) is 5.82 Å². The van der Waals surface area contributed by atoms with Gasteiger partial charge in [-0.05, 0) is 49.2 Å². The van der Waals surface area contributed by atoms with E-state index in [0.29, 0.717) is 24.8 Å². The minimum Gasteiger partial charge on any atom is -0.489 e. The highest BCUT2D eigenvalue weighted by atomic mass is 19.1. The summed E-state index contributed by atoms with van der Waals surface area (Å²) in [5, 5.41) is 10.8. The van der Waals surface area contributed by atoms with Gasteiger partial charge in [0.05, 0.1) is 13.1 Å². The number of pyridine rings is 1. The van der Waals surface area contributed by atoms with Crippen LogP contribution in [0.1, 0.15) is 25.8 Å². The Balaban J connectivity index is 1.60. The first-order valence-electron chi connectivity index (χ1n) is 10.1. The number of nitrogens with zero attached hydrogens (tertiary/aromatic N) is 4. The van der Waals surface area contributed by atoms with E-state index in [1.165, 1.54) is 12.1 Å². The first kappa shape index (κ1) is 21.3. The molecule has 0 saturated heterocycles. The molecule has 8 heteroatoms. The lowest BCUT2D eigenvalue weighted by Gasteiger charge is -2.20. The SMILES string of the molecule is CCNC(=NCc1ccnc(-n2cccn2)c1)NCC(CC)Oc1cccc(F)c1. The molecule has 0 saturated carbocycles. The molecule has 1 unspecified atom stereocenters. The van der Waals surface area contributed by atoms with Gasteiger partial charge in [-0.1, -0.05) is 13.0 Å². The van der Waals surface area contributed by atoms with Crippen LogP contribution in [0.5, 0.6) is 5.75 Å². The summed E-state index contributed by atoms with van der Waals surface area (Å²) in [6.07, 6.45) is 5.99. The van der Waals surface area contributed by atoms with Crippen molar-refractivity contribution in [3.05, 3.63) is 72.4 Å². The van der Waals surface area contributed by atoms with Gasteiger partial charge in [-0.25, -0.2) is 19.0 Å². The zero-order valence-electron chi connectivity index (χ0n) is 17.3. The van der Waals surface area contributed by atoms with Crippen molar-refractivity contribution >= 4 is 5.96 Å². The van der Waals surface area contributed by atoms with E-state index < -0.39 is 0 Å². The summed E-state index contributed by atoms with van der Waals surface area (Å²) in [5.41, 5.74) is 1.02. The van der Waals surface area contributed by atoms with Gasteiger partial charge in [-0.3, -0.25) is 0 Å². The topological polar surface area (TPSA) is 76.4 Å². The fourth-order valence-corrected chi connectivity index (χ4v) is 2.81. The average molecular weight is 410 g/mol. The smallest absolute Gasteiger partial charge is 0.191 e. The van der Waals surface area contributed by atoms with E-state index in [4.69, 9.17) is 4.74 Å². The summed E-state index contributed by atoms with van der Waals surface area (Å²) in [6.45, 7) is 5.83. The molecule has 1 aromatic carbocycles. The standard InChI is InChI=1S/C22H27FN6O/c1-3-19(30-20-8-5-7-18(23)14-20)16-27-22(24-4-2)26-15-17-9-11-25-21(13-17)29-12-6-10-28-29/h5-14,19H,3-4,15-16H2,1-2H3,(H2,24,26,27). The highest BCUT2D eigenvalue weighted by Gasteiger charge is 2.10. The first-order valence-corrected chi connectivity index (χ1v) is 10.1. The molecule has 30 heavy (non-hydrogen) atoms. The van der Waals surface area contributed by atoms with Crippen molar-refractivity contribution in [2.75, 3.05) is 13.1 Å². The Labute approximate surface area is 176 Å². The Hall–Kier alpha value is -3.42. The molecule has 0 bridgehead atoms. The third-order valence-electron chi connectivity index (χ3n) is 4.36. The number of hydrogen-bond donors (Lipinski definition) is 2. The maximum absolute atomic E-state index is 13.4. The molecule has 0 aliphatic carbocycles. The molecule has 2 heterocycles. The van der Waals surface area contributed by atoms with Crippen LogP contribution in [0.2, 0.25) is 0 Å². The number of halogens is 1. The summed E-state index contributed by atoms with van der Waals surface area (Å²) >= 11 is 0. The number of benzene rings is 1. The molecular weight excluding hydrogens is 383 g/mol. The molecule has 2 aromatic heterocycles. The van der Waals surface area contributed by atoms with E-state index in [9.17, 15) is 4.39 Å². The number of nitrogens with one attached hydrogen (secondary N) is 2. The summed E-state index contributed by atoms with van der Waals surface area (Å²) in [5.74, 6) is 1.65. The van der Waals surface area contributed by atoms with E-state index in [1.807, 2.05) is 38.2 Å². The van der Waals surface area contributed by atoms with Crippen molar-refractivity contribution in [2.45, 2.75) is 32.9 Å². The van der Waals surface area contributed by atoms with Gasteiger partial charge >= 0.3 is 0 Å². The van der Waals surface area contributed by atoms with Crippen LogP contribution in [-0.4, -0.2) is 39.9 Å². The van der Waals surface area contributed by atoms with Crippen LogP contribution >= 0.6 is 0 Å². The first-order chi connectivity index (χ1) is 14.7. The summed E-state index contributed by atoms with van der Waals surface area (Å²) in [4.78, 5) is 8.99. The summed E-state index contributed by atoms with van der Waals surface area (Å²) in [7, 11) is 0. The Morgan fingerprint density at radius 1 is 1.17 bits per heavy atom. The van der Waals surface area contributed by atoms with Gasteiger partial charge < -0.3 is 15.4 Å². The number of guanidine groups is 1. The molecule has 3 rings (SSSR count). The molecular formula is C22H27FN6O. The number of rotatable bonds is 9. The number of hydrogen-bond acceptors (Lipinski definition) is 4. The highest BCUT2D eigenvalue weighted by Crippen LogP contribution is 2.14.